The summed E-state index contributed by atoms with van der Waals surface area (Å²) in [5, 5.41) is 13.0. The van der Waals surface area contributed by atoms with Gasteiger partial charge in [0.05, 0.1) is 11.9 Å². The highest BCUT2D eigenvalue weighted by Crippen LogP contribution is 2.28. The maximum absolute atomic E-state index is 12.3. The zero-order valence-corrected chi connectivity index (χ0v) is 19.5. The van der Waals surface area contributed by atoms with Crippen molar-refractivity contribution in [3.63, 3.8) is 0 Å². The fourth-order valence-corrected chi connectivity index (χ4v) is 3.78. The van der Waals surface area contributed by atoms with Gasteiger partial charge in [-0.15, -0.1) is 10.2 Å². The van der Waals surface area contributed by atoms with E-state index in [9.17, 15) is 4.79 Å². The lowest BCUT2D eigenvalue weighted by Gasteiger charge is -2.11. The lowest BCUT2D eigenvalue weighted by Crippen LogP contribution is -2.27. The van der Waals surface area contributed by atoms with Gasteiger partial charge in [-0.2, -0.15) is 0 Å². The molecule has 3 aromatic rings. The Morgan fingerprint density at radius 1 is 1.13 bits per heavy atom. The van der Waals surface area contributed by atoms with Crippen LogP contribution in [-0.2, 0) is 9.53 Å². The Hall–Kier alpha value is -2.35. The standard InChI is InChI=1S/C23H27ClN4O2S/c1-16(2)30-14-4-13-25-21(29)15-31-23-27-26-22(18-7-5-17(3)6-8-18)28(23)20-11-9-19(24)10-12-20/h5-12,16H,4,13-15H2,1-3H3,(H,25,29). The Balaban J connectivity index is 1.72. The number of carbonyl (C=O) groups excluding carboxylic acids is 1. The number of halogens is 1. The molecule has 1 N–H and O–H groups in total. The van der Waals surface area contributed by atoms with E-state index >= 15 is 0 Å². The first-order valence-electron chi connectivity index (χ1n) is 10.2. The normalized spacial score (nSPS) is 11.1. The van der Waals surface area contributed by atoms with Gasteiger partial charge in [-0.1, -0.05) is 53.2 Å². The molecule has 31 heavy (non-hydrogen) atoms. The second-order valence-electron chi connectivity index (χ2n) is 7.40. The molecular weight excluding hydrogens is 432 g/mol. The number of thioether (sulfide) groups is 1. The number of hydrogen-bond acceptors (Lipinski definition) is 5. The zero-order chi connectivity index (χ0) is 22.2. The number of amides is 1. The molecule has 0 spiro atoms. The van der Waals surface area contributed by atoms with E-state index in [1.165, 1.54) is 17.3 Å². The minimum Gasteiger partial charge on any atom is -0.379 e. The predicted octanol–water partition coefficient (Wildman–Crippen LogP) is 4.92. The zero-order valence-electron chi connectivity index (χ0n) is 18.0. The monoisotopic (exact) mass is 458 g/mol. The minimum atomic E-state index is -0.0444. The maximum Gasteiger partial charge on any atom is 0.230 e. The van der Waals surface area contributed by atoms with Gasteiger partial charge in [-0.25, -0.2) is 0 Å². The number of aromatic nitrogens is 3. The van der Waals surface area contributed by atoms with Crippen LogP contribution in [0.5, 0.6) is 0 Å². The van der Waals surface area contributed by atoms with Crippen LogP contribution in [0.1, 0.15) is 25.8 Å². The van der Waals surface area contributed by atoms with Crippen LogP contribution in [0.2, 0.25) is 5.02 Å². The average Bonchev–Trinajstić information content (AvgIpc) is 3.17. The molecule has 0 bridgehead atoms. The summed E-state index contributed by atoms with van der Waals surface area (Å²) in [7, 11) is 0. The summed E-state index contributed by atoms with van der Waals surface area (Å²) in [6.07, 6.45) is 0.987. The van der Waals surface area contributed by atoms with Crippen molar-refractivity contribution in [2.75, 3.05) is 18.9 Å². The predicted molar refractivity (Wildman–Crippen MR) is 126 cm³/mol. The number of aryl methyl sites for hydroxylation is 1. The van der Waals surface area contributed by atoms with Gasteiger partial charge in [0, 0.05) is 29.4 Å². The van der Waals surface area contributed by atoms with E-state index in [1.54, 1.807) is 0 Å². The summed E-state index contributed by atoms with van der Waals surface area (Å²) in [5.74, 6) is 0.929. The van der Waals surface area contributed by atoms with Crippen molar-refractivity contribution in [2.45, 2.75) is 38.5 Å². The van der Waals surface area contributed by atoms with E-state index in [4.69, 9.17) is 16.3 Å². The van der Waals surface area contributed by atoms with Gasteiger partial charge in [0.2, 0.25) is 5.91 Å². The molecule has 0 aliphatic carbocycles. The van der Waals surface area contributed by atoms with Crippen molar-refractivity contribution in [2.24, 2.45) is 0 Å². The smallest absolute Gasteiger partial charge is 0.230 e. The third-order valence-corrected chi connectivity index (χ3v) is 5.64. The lowest BCUT2D eigenvalue weighted by molar-refractivity contribution is -0.118. The van der Waals surface area contributed by atoms with Crippen molar-refractivity contribution in [1.82, 2.24) is 20.1 Å². The number of nitrogens with one attached hydrogen (secondary N) is 1. The molecule has 164 valence electrons. The molecule has 0 fully saturated rings. The molecule has 0 radical (unpaired) electrons. The summed E-state index contributed by atoms with van der Waals surface area (Å²) < 4.78 is 7.44. The number of rotatable bonds is 10. The maximum atomic E-state index is 12.3. The summed E-state index contributed by atoms with van der Waals surface area (Å²) >= 11 is 7.42. The second-order valence-corrected chi connectivity index (χ2v) is 8.77. The molecule has 8 heteroatoms. The number of nitrogens with zero attached hydrogens (tertiary/aromatic N) is 3. The molecule has 2 aromatic carbocycles. The van der Waals surface area contributed by atoms with Gasteiger partial charge in [-0.3, -0.25) is 9.36 Å². The quantitative estimate of drug-likeness (QED) is 0.345. The number of carbonyl (C=O) groups is 1. The molecule has 1 heterocycles. The van der Waals surface area contributed by atoms with Crippen molar-refractivity contribution < 1.29 is 9.53 Å². The molecule has 0 saturated heterocycles. The molecule has 1 amide bonds. The van der Waals surface area contributed by atoms with E-state index < -0.39 is 0 Å². The third kappa shape index (κ3) is 6.82. The number of ether oxygens (including phenoxy) is 1. The highest BCUT2D eigenvalue weighted by Gasteiger charge is 2.17. The molecule has 1 aromatic heterocycles. The SMILES string of the molecule is Cc1ccc(-c2nnc(SCC(=O)NCCCOC(C)C)n2-c2ccc(Cl)cc2)cc1. The van der Waals surface area contributed by atoms with Crippen LogP contribution in [0, 0.1) is 6.92 Å². The number of hydrogen-bond donors (Lipinski definition) is 1. The minimum absolute atomic E-state index is 0.0444. The van der Waals surface area contributed by atoms with Gasteiger partial charge in [0.25, 0.3) is 0 Å². The Bertz CT molecular complexity index is 988. The van der Waals surface area contributed by atoms with Crippen LogP contribution in [-0.4, -0.2) is 45.7 Å². The van der Waals surface area contributed by atoms with Gasteiger partial charge < -0.3 is 10.1 Å². The molecular formula is C23H27ClN4O2S. The molecule has 0 unspecified atom stereocenters. The van der Waals surface area contributed by atoms with Gasteiger partial charge in [0.15, 0.2) is 11.0 Å². The number of benzene rings is 2. The summed E-state index contributed by atoms with van der Waals surface area (Å²) in [6.45, 7) is 7.26. The van der Waals surface area contributed by atoms with Crippen LogP contribution in [0.3, 0.4) is 0 Å². The molecule has 3 rings (SSSR count). The summed E-state index contributed by atoms with van der Waals surface area (Å²) in [5.41, 5.74) is 3.01. The lowest BCUT2D eigenvalue weighted by atomic mass is 10.1. The van der Waals surface area contributed by atoms with Crippen LogP contribution >= 0.6 is 23.4 Å². The summed E-state index contributed by atoms with van der Waals surface area (Å²) in [6, 6.07) is 15.6. The van der Waals surface area contributed by atoms with E-state index in [-0.39, 0.29) is 17.8 Å². The van der Waals surface area contributed by atoms with Gasteiger partial charge in [-0.05, 0) is 51.5 Å². The topological polar surface area (TPSA) is 69.0 Å². The Labute approximate surface area is 192 Å². The van der Waals surface area contributed by atoms with Crippen LogP contribution < -0.4 is 5.32 Å². The molecule has 0 atom stereocenters. The Morgan fingerprint density at radius 2 is 1.84 bits per heavy atom. The van der Waals surface area contributed by atoms with Gasteiger partial charge >= 0.3 is 0 Å². The first kappa shape index (κ1) is 23.3. The highest BCUT2D eigenvalue weighted by molar-refractivity contribution is 7.99. The van der Waals surface area contributed by atoms with Crippen molar-refractivity contribution >= 4 is 29.3 Å². The highest BCUT2D eigenvalue weighted by atomic mass is 35.5. The van der Waals surface area contributed by atoms with Crippen LogP contribution in [0.4, 0.5) is 0 Å². The van der Waals surface area contributed by atoms with E-state index in [0.29, 0.717) is 23.3 Å². The molecule has 0 aliphatic rings. The van der Waals surface area contributed by atoms with Crippen molar-refractivity contribution in [3.8, 4) is 17.1 Å². The fraction of sp³-hybridized carbons (Fsp3) is 0.348. The van der Waals surface area contributed by atoms with Crippen molar-refractivity contribution in [3.05, 3.63) is 59.1 Å². The first-order valence-corrected chi connectivity index (χ1v) is 11.6. The second kappa shape index (κ2) is 11.3. The molecule has 0 aliphatic heterocycles. The first-order chi connectivity index (χ1) is 14.9. The fourth-order valence-electron chi connectivity index (χ4n) is 2.88. The van der Waals surface area contributed by atoms with Crippen LogP contribution in [0.25, 0.3) is 17.1 Å². The largest absolute Gasteiger partial charge is 0.379 e. The Morgan fingerprint density at radius 3 is 2.52 bits per heavy atom. The van der Waals surface area contributed by atoms with E-state index in [1.807, 2.05) is 73.9 Å². The van der Waals surface area contributed by atoms with Crippen molar-refractivity contribution in [1.29, 1.82) is 0 Å². The average molecular weight is 459 g/mol. The summed E-state index contributed by atoms with van der Waals surface area (Å²) in [4.78, 5) is 12.3. The van der Waals surface area contributed by atoms with Crippen LogP contribution in [0.15, 0.2) is 53.7 Å². The molecule has 6 nitrogen and oxygen atoms in total. The van der Waals surface area contributed by atoms with Gasteiger partial charge in [0.1, 0.15) is 0 Å². The Kier molecular flexibility index (Phi) is 8.51. The molecule has 0 saturated carbocycles. The third-order valence-electron chi connectivity index (χ3n) is 4.45. The van der Waals surface area contributed by atoms with E-state index in [0.717, 1.165) is 23.5 Å². The van der Waals surface area contributed by atoms with E-state index in [2.05, 4.69) is 15.5 Å².